The molecule has 1 heterocycles. The summed E-state index contributed by atoms with van der Waals surface area (Å²) in [5.41, 5.74) is 0. The third kappa shape index (κ3) is 2.81. The molecule has 84 valence electrons. The Morgan fingerprint density at radius 2 is 2.07 bits per heavy atom. The van der Waals surface area contributed by atoms with Crippen LogP contribution in [0.1, 0.15) is 32.6 Å². The lowest BCUT2D eigenvalue weighted by atomic mass is 10.2. The van der Waals surface area contributed by atoms with E-state index in [1.807, 2.05) is 6.92 Å². The van der Waals surface area contributed by atoms with Crippen molar-refractivity contribution < 1.29 is 14.4 Å². The van der Waals surface area contributed by atoms with E-state index in [2.05, 4.69) is 12.6 Å². The average molecular weight is 229 g/mol. The highest BCUT2D eigenvalue weighted by Crippen LogP contribution is 2.19. The van der Waals surface area contributed by atoms with Crippen LogP contribution in [0.3, 0.4) is 0 Å². The summed E-state index contributed by atoms with van der Waals surface area (Å²) >= 11 is 3.72. The van der Waals surface area contributed by atoms with Gasteiger partial charge in [0.1, 0.15) is 6.04 Å². The molecule has 15 heavy (non-hydrogen) atoms. The fourth-order valence-electron chi connectivity index (χ4n) is 1.76. The number of carbonyl (C=O) groups excluding carboxylic acids is 3. The lowest BCUT2D eigenvalue weighted by molar-refractivity contribution is -0.146. The molecule has 4 nitrogen and oxygen atoms in total. The quantitative estimate of drug-likeness (QED) is 0.573. The van der Waals surface area contributed by atoms with E-state index in [9.17, 15) is 14.4 Å². The van der Waals surface area contributed by atoms with Crippen molar-refractivity contribution >= 4 is 29.4 Å². The first-order chi connectivity index (χ1) is 7.07. The van der Waals surface area contributed by atoms with Gasteiger partial charge >= 0.3 is 0 Å². The van der Waals surface area contributed by atoms with Gasteiger partial charge in [-0.3, -0.25) is 14.4 Å². The Hall–Kier alpha value is -0.840. The molecule has 0 aliphatic carbocycles. The molecule has 1 saturated heterocycles. The van der Waals surface area contributed by atoms with Gasteiger partial charge in [0.05, 0.1) is 0 Å². The molecule has 1 amide bonds. The van der Waals surface area contributed by atoms with Crippen LogP contribution in [0.15, 0.2) is 0 Å². The maximum absolute atomic E-state index is 11.6. The summed E-state index contributed by atoms with van der Waals surface area (Å²) in [6.07, 6.45) is 2.29. The topological polar surface area (TPSA) is 54.5 Å². The summed E-state index contributed by atoms with van der Waals surface area (Å²) in [4.78, 5) is 35.5. The zero-order chi connectivity index (χ0) is 11.4. The molecule has 1 rings (SSSR count). The number of amides is 1. The van der Waals surface area contributed by atoms with Crippen LogP contribution in [0.2, 0.25) is 0 Å². The second-order valence-corrected chi connectivity index (χ2v) is 4.11. The van der Waals surface area contributed by atoms with Gasteiger partial charge in [0.15, 0.2) is 0 Å². The van der Waals surface area contributed by atoms with Gasteiger partial charge < -0.3 is 4.90 Å². The number of thiol groups is 1. The smallest absolute Gasteiger partial charge is 0.290 e. The molecule has 0 spiro atoms. The Labute approximate surface area is 94.4 Å². The molecule has 0 aromatic carbocycles. The summed E-state index contributed by atoms with van der Waals surface area (Å²) in [5.74, 6) is -0.930. The van der Waals surface area contributed by atoms with E-state index in [4.69, 9.17) is 0 Å². The Kier molecular flexibility index (Phi) is 4.32. The van der Waals surface area contributed by atoms with Crippen LogP contribution >= 0.6 is 12.6 Å². The summed E-state index contributed by atoms with van der Waals surface area (Å²) in [6, 6.07) is -0.498. The van der Waals surface area contributed by atoms with E-state index in [0.717, 1.165) is 6.42 Å². The highest BCUT2D eigenvalue weighted by molar-refractivity contribution is 7.96. The summed E-state index contributed by atoms with van der Waals surface area (Å²) in [6.45, 7) is 2.33. The van der Waals surface area contributed by atoms with E-state index < -0.39 is 17.7 Å². The van der Waals surface area contributed by atoms with Gasteiger partial charge in [-0.15, -0.1) is 12.6 Å². The van der Waals surface area contributed by atoms with Gasteiger partial charge in [-0.05, 0) is 19.3 Å². The van der Waals surface area contributed by atoms with Crippen molar-refractivity contribution in [2.24, 2.45) is 0 Å². The second-order valence-electron chi connectivity index (χ2n) is 3.67. The summed E-state index contributed by atoms with van der Waals surface area (Å²) in [7, 11) is 0. The van der Waals surface area contributed by atoms with Crippen molar-refractivity contribution in [1.82, 2.24) is 4.90 Å². The lowest BCUT2D eigenvalue weighted by Crippen LogP contribution is -2.42. The van der Waals surface area contributed by atoms with Gasteiger partial charge in [-0.2, -0.15) is 0 Å². The van der Waals surface area contributed by atoms with Gasteiger partial charge in [0.25, 0.3) is 5.91 Å². The molecule has 1 aliphatic heterocycles. The molecule has 0 N–H and O–H groups in total. The normalized spacial score (nSPS) is 20.4. The van der Waals surface area contributed by atoms with Crippen LogP contribution in [0.25, 0.3) is 0 Å². The predicted molar refractivity (Wildman–Crippen MR) is 58.6 cm³/mol. The number of rotatable bonds is 4. The van der Waals surface area contributed by atoms with Crippen LogP contribution < -0.4 is 0 Å². The van der Waals surface area contributed by atoms with E-state index in [1.54, 1.807) is 0 Å². The minimum atomic E-state index is -0.526. The average Bonchev–Trinajstić information content (AvgIpc) is 2.65. The van der Waals surface area contributed by atoms with E-state index in [-0.39, 0.29) is 11.5 Å². The minimum absolute atomic E-state index is 0.253. The van der Waals surface area contributed by atoms with Crippen LogP contribution in [-0.4, -0.2) is 34.3 Å². The first kappa shape index (κ1) is 12.2. The van der Waals surface area contributed by atoms with Crippen molar-refractivity contribution in [3.8, 4) is 0 Å². The van der Waals surface area contributed by atoms with Crippen LogP contribution in [0.5, 0.6) is 0 Å². The fourth-order valence-corrected chi connectivity index (χ4v) is 2.03. The maximum atomic E-state index is 11.6. The number of likely N-dealkylation sites (tertiary alicyclic amines) is 1. The largest absolute Gasteiger partial charge is 0.325 e. The standard InChI is InChI=1S/C10H15NO3S/c1-2-4-8(12)9(13)11-6-3-5-7(11)10(14)15/h7H,2-6H2,1H3,(H,14,15). The summed E-state index contributed by atoms with van der Waals surface area (Å²) in [5, 5.41) is -0.329. The zero-order valence-corrected chi connectivity index (χ0v) is 9.63. The van der Waals surface area contributed by atoms with Gasteiger partial charge in [0.2, 0.25) is 10.9 Å². The van der Waals surface area contributed by atoms with Gasteiger partial charge in [-0.1, -0.05) is 6.92 Å². The van der Waals surface area contributed by atoms with E-state index in [1.165, 1.54) is 4.90 Å². The number of hydrogen-bond acceptors (Lipinski definition) is 3. The van der Waals surface area contributed by atoms with Crippen LogP contribution in [0.4, 0.5) is 0 Å². The Bertz CT molecular complexity index is 290. The number of nitrogens with zero attached hydrogens (tertiary/aromatic N) is 1. The van der Waals surface area contributed by atoms with Crippen molar-refractivity contribution in [2.45, 2.75) is 38.6 Å². The highest BCUT2D eigenvalue weighted by Gasteiger charge is 2.34. The molecule has 0 aromatic rings. The van der Waals surface area contributed by atoms with Crippen LogP contribution in [-0.2, 0) is 14.4 Å². The molecule has 1 atom stereocenters. The van der Waals surface area contributed by atoms with E-state index >= 15 is 0 Å². The Morgan fingerprint density at radius 3 is 2.60 bits per heavy atom. The summed E-state index contributed by atoms with van der Waals surface area (Å²) < 4.78 is 0. The second kappa shape index (κ2) is 5.30. The number of ketones is 1. The number of Topliss-reactive ketones (excluding diaryl/α,β-unsaturated/α-hetero) is 1. The lowest BCUT2D eigenvalue weighted by Gasteiger charge is -2.20. The zero-order valence-electron chi connectivity index (χ0n) is 8.73. The molecule has 1 unspecified atom stereocenters. The molecular formula is C10H15NO3S. The van der Waals surface area contributed by atoms with Crippen molar-refractivity contribution in [1.29, 1.82) is 0 Å². The van der Waals surface area contributed by atoms with E-state index in [0.29, 0.717) is 19.4 Å². The molecule has 0 aromatic heterocycles. The third-order valence-electron chi connectivity index (χ3n) is 2.51. The number of hydrogen-bond donors (Lipinski definition) is 1. The Morgan fingerprint density at radius 1 is 1.40 bits per heavy atom. The molecule has 5 heteroatoms. The molecule has 0 saturated carbocycles. The van der Waals surface area contributed by atoms with Crippen molar-refractivity contribution in [3.05, 3.63) is 0 Å². The highest BCUT2D eigenvalue weighted by atomic mass is 32.1. The monoisotopic (exact) mass is 229 g/mol. The molecule has 1 fully saturated rings. The first-order valence-electron chi connectivity index (χ1n) is 5.14. The maximum Gasteiger partial charge on any atom is 0.290 e. The third-order valence-corrected chi connectivity index (χ3v) is 2.81. The van der Waals surface area contributed by atoms with Crippen molar-refractivity contribution in [2.75, 3.05) is 6.54 Å². The van der Waals surface area contributed by atoms with Gasteiger partial charge in [-0.25, -0.2) is 0 Å². The first-order valence-corrected chi connectivity index (χ1v) is 5.59. The molecule has 1 aliphatic rings. The SMILES string of the molecule is CCCC(=O)C(=O)N1CCCC1C(=O)S. The van der Waals surface area contributed by atoms with Crippen LogP contribution in [0, 0.1) is 0 Å². The predicted octanol–water partition coefficient (Wildman–Crippen LogP) is 0.803. The molecular weight excluding hydrogens is 214 g/mol. The fraction of sp³-hybridized carbons (Fsp3) is 0.700. The molecule has 0 radical (unpaired) electrons. The Balaban J connectivity index is 2.66. The van der Waals surface area contributed by atoms with Crippen molar-refractivity contribution in [3.63, 3.8) is 0 Å². The number of carbonyl (C=O) groups is 3. The molecule has 0 bridgehead atoms. The minimum Gasteiger partial charge on any atom is -0.325 e. The van der Waals surface area contributed by atoms with Gasteiger partial charge in [0, 0.05) is 13.0 Å².